The second kappa shape index (κ2) is 8.92. The predicted molar refractivity (Wildman–Crippen MR) is 114 cm³/mol. The lowest BCUT2D eigenvalue weighted by Gasteiger charge is -2.33. The van der Waals surface area contributed by atoms with Crippen molar-refractivity contribution in [1.82, 2.24) is 4.31 Å². The van der Waals surface area contributed by atoms with E-state index in [4.69, 9.17) is 27.9 Å². The number of methoxy groups -OCH3 is 1. The molecule has 0 aromatic heterocycles. The number of carbonyl (C=O) groups excluding carboxylic acids is 1. The van der Waals surface area contributed by atoms with Crippen molar-refractivity contribution in [1.29, 1.82) is 0 Å². The summed E-state index contributed by atoms with van der Waals surface area (Å²) in [4.78, 5) is 14.5. The average molecular weight is 457 g/mol. The number of anilines is 1. The molecule has 1 amide bonds. The summed E-state index contributed by atoms with van der Waals surface area (Å²) in [5.74, 6) is 0.124. The van der Waals surface area contributed by atoms with Gasteiger partial charge >= 0.3 is 0 Å². The van der Waals surface area contributed by atoms with Crippen LogP contribution in [0.5, 0.6) is 5.75 Å². The Hall–Kier alpha value is -1.80. The number of benzene rings is 2. The van der Waals surface area contributed by atoms with E-state index in [2.05, 4.69) is 0 Å². The molecular formula is C20H22Cl2N2O4S. The summed E-state index contributed by atoms with van der Waals surface area (Å²) in [6.07, 6.45) is 1.21. The molecule has 0 saturated carbocycles. The average Bonchev–Trinajstić information content (AvgIpc) is 2.74. The van der Waals surface area contributed by atoms with Crippen LogP contribution in [0.25, 0.3) is 0 Å². The van der Waals surface area contributed by atoms with E-state index in [-0.39, 0.29) is 27.4 Å². The quantitative estimate of drug-likeness (QED) is 0.679. The zero-order chi connectivity index (χ0) is 21.2. The van der Waals surface area contributed by atoms with Crippen LogP contribution < -0.4 is 9.64 Å². The maximum absolute atomic E-state index is 13.1. The van der Waals surface area contributed by atoms with Gasteiger partial charge in [-0.2, -0.15) is 4.31 Å². The molecule has 0 spiro atoms. The van der Waals surface area contributed by atoms with Crippen molar-refractivity contribution >= 4 is 44.8 Å². The van der Waals surface area contributed by atoms with E-state index in [1.807, 2.05) is 0 Å². The highest BCUT2D eigenvalue weighted by atomic mass is 35.5. The lowest BCUT2D eigenvalue weighted by atomic mass is 9.98. The Labute approximate surface area is 181 Å². The molecule has 9 heteroatoms. The van der Waals surface area contributed by atoms with Crippen molar-refractivity contribution in [2.24, 2.45) is 5.92 Å². The van der Waals surface area contributed by atoms with Gasteiger partial charge < -0.3 is 9.64 Å². The summed E-state index contributed by atoms with van der Waals surface area (Å²) < 4.78 is 32.6. The number of nitrogens with zero attached hydrogens (tertiary/aromatic N) is 2. The van der Waals surface area contributed by atoms with Crippen LogP contribution in [0.4, 0.5) is 5.69 Å². The monoisotopic (exact) mass is 456 g/mol. The highest BCUT2D eigenvalue weighted by Crippen LogP contribution is 2.31. The van der Waals surface area contributed by atoms with Gasteiger partial charge in [0.15, 0.2) is 0 Å². The van der Waals surface area contributed by atoms with Gasteiger partial charge in [-0.1, -0.05) is 23.2 Å². The molecular weight excluding hydrogens is 435 g/mol. The van der Waals surface area contributed by atoms with Crippen LogP contribution in [-0.4, -0.2) is 45.9 Å². The van der Waals surface area contributed by atoms with Crippen molar-refractivity contribution in [3.63, 3.8) is 0 Å². The van der Waals surface area contributed by atoms with Crippen LogP contribution in [-0.2, 0) is 14.8 Å². The smallest absolute Gasteiger partial charge is 0.244 e. The maximum Gasteiger partial charge on any atom is 0.244 e. The summed E-state index contributed by atoms with van der Waals surface area (Å²) in [6, 6.07) is 11.5. The molecule has 156 valence electrons. The van der Waals surface area contributed by atoms with Gasteiger partial charge in [0.05, 0.1) is 18.1 Å². The first-order valence-electron chi connectivity index (χ1n) is 9.11. The van der Waals surface area contributed by atoms with Crippen molar-refractivity contribution < 1.29 is 17.9 Å². The fraction of sp³-hybridized carbons (Fsp3) is 0.350. The molecule has 6 nitrogen and oxygen atoms in total. The number of rotatable bonds is 5. The van der Waals surface area contributed by atoms with Gasteiger partial charge in [-0.3, -0.25) is 4.79 Å². The molecule has 29 heavy (non-hydrogen) atoms. The first-order valence-corrected chi connectivity index (χ1v) is 11.3. The van der Waals surface area contributed by atoms with Gasteiger partial charge in [-0.25, -0.2) is 8.42 Å². The van der Waals surface area contributed by atoms with Gasteiger partial charge in [-0.05, 0) is 55.3 Å². The van der Waals surface area contributed by atoms with Crippen molar-refractivity contribution in [3.8, 4) is 5.75 Å². The largest absolute Gasteiger partial charge is 0.497 e. The highest BCUT2D eigenvalue weighted by Gasteiger charge is 2.35. The lowest BCUT2D eigenvalue weighted by molar-refractivity contribution is -0.123. The van der Waals surface area contributed by atoms with Crippen LogP contribution in [0, 0.1) is 5.92 Å². The Bertz CT molecular complexity index is 996. The number of sulfonamides is 1. The molecule has 0 radical (unpaired) electrons. The van der Waals surface area contributed by atoms with Crippen LogP contribution in [0.3, 0.4) is 0 Å². The Kier molecular flexibility index (Phi) is 6.73. The molecule has 1 heterocycles. The molecule has 2 aromatic carbocycles. The van der Waals surface area contributed by atoms with Gasteiger partial charge in [0, 0.05) is 30.8 Å². The molecule has 0 bridgehead atoms. The first kappa shape index (κ1) is 21.9. The van der Waals surface area contributed by atoms with Crippen molar-refractivity contribution in [3.05, 3.63) is 52.5 Å². The van der Waals surface area contributed by atoms with Crippen LogP contribution in [0.15, 0.2) is 47.4 Å². The number of amides is 1. The minimum absolute atomic E-state index is 0.0386. The predicted octanol–water partition coefficient (Wildman–Crippen LogP) is 4.07. The lowest BCUT2D eigenvalue weighted by Crippen LogP contribution is -2.46. The zero-order valence-corrected chi connectivity index (χ0v) is 18.5. The summed E-state index contributed by atoms with van der Waals surface area (Å²) in [5.41, 5.74) is 0.716. The van der Waals surface area contributed by atoms with E-state index < -0.39 is 15.9 Å². The molecule has 1 atom stereocenters. The maximum atomic E-state index is 13.1. The number of carbonyl (C=O) groups is 1. The van der Waals surface area contributed by atoms with Crippen LogP contribution >= 0.6 is 23.2 Å². The van der Waals surface area contributed by atoms with E-state index in [1.165, 1.54) is 22.5 Å². The fourth-order valence-corrected chi connectivity index (χ4v) is 5.64. The third-order valence-corrected chi connectivity index (χ3v) is 7.62. The number of ether oxygens (including phenoxy) is 1. The molecule has 0 N–H and O–H groups in total. The second-order valence-corrected chi connectivity index (χ2v) is 9.62. The Morgan fingerprint density at radius 1 is 1.17 bits per heavy atom. The van der Waals surface area contributed by atoms with Gasteiger partial charge in [0.2, 0.25) is 15.9 Å². The van der Waals surface area contributed by atoms with E-state index in [9.17, 15) is 13.2 Å². The summed E-state index contributed by atoms with van der Waals surface area (Å²) in [7, 11) is -0.589. The Morgan fingerprint density at radius 2 is 1.86 bits per heavy atom. The minimum Gasteiger partial charge on any atom is -0.497 e. The molecule has 1 aliphatic heterocycles. The van der Waals surface area contributed by atoms with E-state index in [1.54, 1.807) is 43.3 Å². The normalized spacial score (nSPS) is 17.7. The van der Waals surface area contributed by atoms with Gasteiger partial charge in [0.25, 0.3) is 0 Å². The van der Waals surface area contributed by atoms with Crippen molar-refractivity contribution in [2.45, 2.75) is 17.7 Å². The number of halogens is 2. The minimum atomic E-state index is -3.85. The van der Waals surface area contributed by atoms with E-state index in [0.717, 1.165) is 0 Å². The van der Waals surface area contributed by atoms with E-state index >= 15 is 0 Å². The standard InChI is InChI=1S/C20H22Cl2N2O4S/c1-23(16-6-8-17(28-2)9-7-16)20(25)14-4-3-11-24(13-14)29(26,27)19-12-15(21)5-10-18(19)22/h5-10,12,14H,3-4,11,13H2,1-2H3/t14-/m0/s1. The molecule has 1 fully saturated rings. The van der Waals surface area contributed by atoms with Gasteiger partial charge in [0.1, 0.15) is 10.6 Å². The summed E-state index contributed by atoms with van der Waals surface area (Å²) in [6.45, 7) is 0.436. The van der Waals surface area contributed by atoms with Crippen LogP contribution in [0.2, 0.25) is 10.0 Å². The van der Waals surface area contributed by atoms with Gasteiger partial charge in [-0.15, -0.1) is 0 Å². The Balaban J connectivity index is 1.78. The first-order chi connectivity index (χ1) is 13.7. The SMILES string of the molecule is COc1ccc(N(C)C(=O)[C@H]2CCCN(S(=O)(=O)c3cc(Cl)ccc3Cl)C2)cc1. The molecule has 0 unspecified atom stereocenters. The summed E-state index contributed by atoms with van der Waals surface area (Å²) in [5, 5.41) is 0.398. The third-order valence-electron chi connectivity index (χ3n) is 5.03. The van der Waals surface area contributed by atoms with Crippen LogP contribution in [0.1, 0.15) is 12.8 Å². The number of hydrogen-bond acceptors (Lipinski definition) is 4. The fourth-order valence-electron chi connectivity index (χ4n) is 3.38. The molecule has 3 rings (SSSR count). The van der Waals surface area contributed by atoms with E-state index in [0.29, 0.717) is 30.8 Å². The molecule has 1 saturated heterocycles. The summed E-state index contributed by atoms with van der Waals surface area (Å²) >= 11 is 12.1. The number of piperidine rings is 1. The Morgan fingerprint density at radius 3 is 2.52 bits per heavy atom. The van der Waals surface area contributed by atoms with Crippen molar-refractivity contribution in [2.75, 3.05) is 32.1 Å². The molecule has 1 aliphatic rings. The topological polar surface area (TPSA) is 66.9 Å². The molecule has 0 aliphatic carbocycles. The number of hydrogen-bond donors (Lipinski definition) is 0. The highest BCUT2D eigenvalue weighted by molar-refractivity contribution is 7.89. The zero-order valence-electron chi connectivity index (χ0n) is 16.1. The second-order valence-electron chi connectivity index (χ2n) is 6.87. The third kappa shape index (κ3) is 4.69. The molecule has 2 aromatic rings.